The summed E-state index contributed by atoms with van der Waals surface area (Å²) in [6.45, 7) is 0. The number of carboxylic acid groups (broad SMARTS) is 2. The molecule has 6 nitrogen and oxygen atoms in total. The molecule has 0 heterocycles. The lowest BCUT2D eigenvalue weighted by atomic mass is 10.1. The number of rotatable bonds is 4. The third kappa shape index (κ3) is 2.86. The lowest BCUT2D eigenvalue weighted by Gasteiger charge is -2.10. The molecule has 0 spiro atoms. The molecular weight excluding hydrogens is 262 g/mol. The highest BCUT2D eigenvalue weighted by Crippen LogP contribution is 2.23. The van der Waals surface area contributed by atoms with E-state index < -0.39 is 11.9 Å². The number of aromatic carboxylic acids is 2. The van der Waals surface area contributed by atoms with Crippen LogP contribution in [0.1, 0.15) is 20.7 Å². The van der Waals surface area contributed by atoms with Gasteiger partial charge in [-0.05, 0) is 42.5 Å². The monoisotopic (exact) mass is 273 g/mol. The predicted molar refractivity (Wildman–Crippen MR) is 71.8 cm³/mol. The van der Waals surface area contributed by atoms with Crippen LogP contribution in [0.3, 0.4) is 0 Å². The van der Waals surface area contributed by atoms with Gasteiger partial charge in [0.2, 0.25) is 0 Å². The topological polar surface area (TPSA) is 107 Å². The van der Waals surface area contributed by atoms with E-state index >= 15 is 0 Å². The second kappa shape index (κ2) is 5.31. The first-order valence-electron chi connectivity index (χ1n) is 5.64. The zero-order valence-electron chi connectivity index (χ0n) is 10.2. The summed E-state index contributed by atoms with van der Waals surface area (Å²) in [5.74, 6) is -2.33. The lowest BCUT2D eigenvalue weighted by molar-refractivity contribution is 0.0696. The Morgan fingerprint density at radius 1 is 0.900 bits per heavy atom. The minimum Gasteiger partial charge on any atom is -0.508 e. The Morgan fingerprint density at radius 2 is 1.55 bits per heavy atom. The van der Waals surface area contributed by atoms with E-state index in [4.69, 9.17) is 10.2 Å². The zero-order valence-corrected chi connectivity index (χ0v) is 10.2. The van der Waals surface area contributed by atoms with Crippen LogP contribution >= 0.6 is 0 Å². The minimum absolute atomic E-state index is 0.0928. The van der Waals surface area contributed by atoms with Crippen LogP contribution < -0.4 is 5.32 Å². The van der Waals surface area contributed by atoms with Crippen molar-refractivity contribution in [3.8, 4) is 5.75 Å². The molecule has 0 amide bonds. The number of hydrogen-bond acceptors (Lipinski definition) is 4. The van der Waals surface area contributed by atoms with Crippen LogP contribution in [0.5, 0.6) is 5.75 Å². The predicted octanol–water partition coefficient (Wildman–Crippen LogP) is 2.53. The quantitative estimate of drug-likeness (QED) is 0.638. The van der Waals surface area contributed by atoms with E-state index in [0.717, 1.165) is 6.07 Å². The second-order valence-electron chi connectivity index (χ2n) is 4.04. The summed E-state index contributed by atoms with van der Waals surface area (Å²) in [6.07, 6.45) is 0. The first-order chi connectivity index (χ1) is 9.47. The summed E-state index contributed by atoms with van der Waals surface area (Å²) < 4.78 is 0. The highest BCUT2D eigenvalue weighted by molar-refractivity contribution is 5.99. The fourth-order valence-electron chi connectivity index (χ4n) is 1.66. The molecule has 0 fully saturated rings. The Morgan fingerprint density at radius 3 is 2.10 bits per heavy atom. The molecule has 0 aliphatic carbocycles. The molecule has 6 heteroatoms. The maximum absolute atomic E-state index is 11.2. The number of benzene rings is 2. The molecule has 2 rings (SSSR count). The van der Waals surface area contributed by atoms with E-state index in [1.807, 2.05) is 0 Å². The molecule has 0 saturated carbocycles. The molecule has 2 aromatic carbocycles. The standard InChI is InChI=1S/C14H11NO5/c16-10-4-2-9(3-5-10)15-12-6-1-8(13(17)18)7-11(12)14(19)20/h1-7,15-16H,(H,17,18)(H,19,20). The summed E-state index contributed by atoms with van der Waals surface area (Å²) >= 11 is 0. The minimum atomic E-state index is -1.23. The van der Waals surface area contributed by atoms with Crippen LogP contribution in [0.25, 0.3) is 0 Å². The summed E-state index contributed by atoms with van der Waals surface area (Å²) in [5, 5.41) is 30.0. The molecule has 20 heavy (non-hydrogen) atoms. The zero-order chi connectivity index (χ0) is 14.7. The SMILES string of the molecule is O=C(O)c1ccc(Nc2ccc(O)cc2)c(C(=O)O)c1. The number of hydrogen-bond donors (Lipinski definition) is 4. The number of phenols is 1. The van der Waals surface area contributed by atoms with Crippen LogP contribution in [-0.2, 0) is 0 Å². The van der Waals surface area contributed by atoms with Crippen LogP contribution in [0.15, 0.2) is 42.5 Å². The number of nitrogens with one attached hydrogen (secondary N) is 1. The number of carbonyl (C=O) groups is 2. The molecule has 0 aromatic heterocycles. The summed E-state index contributed by atoms with van der Waals surface area (Å²) in [4.78, 5) is 22.0. The highest BCUT2D eigenvalue weighted by Gasteiger charge is 2.14. The van der Waals surface area contributed by atoms with Crippen molar-refractivity contribution in [1.29, 1.82) is 0 Å². The average Bonchev–Trinajstić information content (AvgIpc) is 2.41. The van der Waals surface area contributed by atoms with Gasteiger partial charge < -0.3 is 20.6 Å². The van der Waals surface area contributed by atoms with Gasteiger partial charge in [0.1, 0.15) is 5.75 Å². The van der Waals surface area contributed by atoms with E-state index in [1.54, 1.807) is 12.1 Å². The van der Waals surface area contributed by atoms with Gasteiger partial charge in [0.25, 0.3) is 0 Å². The second-order valence-corrected chi connectivity index (χ2v) is 4.04. The maximum atomic E-state index is 11.2. The number of carboxylic acids is 2. The third-order valence-electron chi connectivity index (χ3n) is 2.64. The molecule has 4 N–H and O–H groups in total. The fraction of sp³-hybridized carbons (Fsp3) is 0. The van der Waals surface area contributed by atoms with E-state index in [0.29, 0.717) is 5.69 Å². The summed E-state index contributed by atoms with van der Waals surface area (Å²) in [5.41, 5.74) is 0.609. The average molecular weight is 273 g/mol. The Bertz CT molecular complexity index is 664. The first-order valence-corrected chi connectivity index (χ1v) is 5.64. The van der Waals surface area contributed by atoms with Gasteiger partial charge in [-0.25, -0.2) is 9.59 Å². The van der Waals surface area contributed by atoms with Crippen molar-refractivity contribution < 1.29 is 24.9 Å². The fourth-order valence-corrected chi connectivity index (χ4v) is 1.66. The number of aromatic hydroxyl groups is 1. The van der Waals surface area contributed by atoms with E-state index in [1.165, 1.54) is 24.3 Å². The van der Waals surface area contributed by atoms with Gasteiger partial charge in [0.15, 0.2) is 0 Å². The van der Waals surface area contributed by atoms with Crippen molar-refractivity contribution >= 4 is 23.3 Å². The van der Waals surface area contributed by atoms with Crippen molar-refractivity contribution in [2.75, 3.05) is 5.32 Å². The van der Waals surface area contributed by atoms with Gasteiger partial charge in [0, 0.05) is 5.69 Å². The molecule has 0 atom stereocenters. The summed E-state index contributed by atoms with van der Waals surface area (Å²) in [7, 11) is 0. The van der Waals surface area contributed by atoms with Crippen LogP contribution in [0, 0.1) is 0 Å². The van der Waals surface area contributed by atoms with Gasteiger partial charge >= 0.3 is 11.9 Å². The van der Waals surface area contributed by atoms with Crippen molar-refractivity contribution in [3.05, 3.63) is 53.6 Å². The Balaban J connectivity index is 2.38. The molecule has 0 saturated heterocycles. The van der Waals surface area contributed by atoms with E-state index in [2.05, 4.69) is 5.32 Å². The third-order valence-corrected chi connectivity index (χ3v) is 2.64. The van der Waals surface area contributed by atoms with Gasteiger partial charge in [-0.15, -0.1) is 0 Å². The maximum Gasteiger partial charge on any atom is 0.337 e. The van der Waals surface area contributed by atoms with Crippen LogP contribution in [-0.4, -0.2) is 27.3 Å². The molecule has 0 bridgehead atoms. The normalized spacial score (nSPS) is 10.0. The van der Waals surface area contributed by atoms with Crippen molar-refractivity contribution in [3.63, 3.8) is 0 Å². The Labute approximate surface area is 113 Å². The lowest BCUT2D eigenvalue weighted by Crippen LogP contribution is -2.06. The summed E-state index contributed by atoms with van der Waals surface area (Å²) in [6, 6.07) is 9.85. The van der Waals surface area contributed by atoms with E-state index in [-0.39, 0.29) is 22.6 Å². The molecule has 0 aliphatic heterocycles. The van der Waals surface area contributed by atoms with Crippen molar-refractivity contribution in [1.82, 2.24) is 0 Å². The Hall–Kier alpha value is -3.02. The largest absolute Gasteiger partial charge is 0.508 e. The molecule has 0 unspecified atom stereocenters. The highest BCUT2D eigenvalue weighted by atomic mass is 16.4. The van der Waals surface area contributed by atoms with Gasteiger partial charge in [0.05, 0.1) is 16.8 Å². The van der Waals surface area contributed by atoms with Gasteiger partial charge in [-0.1, -0.05) is 0 Å². The number of anilines is 2. The number of phenolic OH excluding ortho intramolecular Hbond substituents is 1. The molecule has 102 valence electrons. The van der Waals surface area contributed by atoms with Crippen LogP contribution in [0.2, 0.25) is 0 Å². The van der Waals surface area contributed by atoms with Gasteiger partial charge in [-0.3, -0.25) is 0 Å². The molecule has 2 aromatic rings. The molecule has 0 radical (unpaired) electrons. The van der Waals surface area contributed by atoms with Crippen molar-refractivity contribution in [2.24, 2.45) is 0 Å². The molecular formula is C14H11NO5. The van der Waals surface area contributed by atoms with Crippen LogP contribution in [0.4, 0.5) is 11.4 Å². The smallest absolute Gasteiger partial charge is 0.337 e. The Kier molecular flexibility index (Phi) is 3.56. The van der Waals surface area contributed by atoms with Gasteiger partial charge in [-0.2, -0.15) is 0 Å². The van der Waals surface area contributed by atoms with Crippen molar-refractivity contribution in [2.45, 2.75) is 0 Å². The molecule has 0 aliphatic rings. The first kappa shape index (κ1) is 13.4. The van der Waals surface area contributed by atoms with E-state index in [9.17, 15) is 14.7 Å².